The van der Waals surface area contributed by atoms with Crippen LogP contribution in [0.2, 0.25) is 0 Å². The zero-order chi connectivity index (χ0) is 16.5. The molecule has 2 amide bonds. The molecule has 0 aliphatic rings. The number of benzene rings is 2. The van der Waals surface area contributed by atoms with Gasteiger partial charge in [0.05, 0.1) is 0 Å². The molecule has 0 radical (unpaired) electrons. The third-order valence-corrected chi connectivity index (χ3v) is 3.23. The van der Waals surface area contributed by atoms with E-state index in [1.807, 2.05) is 12.1 Å². The second-order valence-corrected chi connectivity index (χ2v) is 5.18. The van der Waals surface area contributed by atoms with Crippen molar-refractivity contribution in [2.75, 3.05) is 11.9 Å². The smallest absolute Gasteiger partial charge is 0.319 e. The van der Waals surface area contributed by atoms with Crippen LogP contribution in [0.25, 0.3) is 0 Å². The molecule has 0 saturated carbocycles. The van der Waals surface area contributed by atoms with Crippen LogP contribution in [0, 0.1) is 5.82 Å². The van der Waals surface area contributed by atoms with E-state index in [2.05, 4.69) is 17.6 Å². The monoisotopic (exact) mass is 316 g/mol. The molecule has 4 nitrogen and oxygen atoms in total. The maximum atomic E-state index is 12.8. The molecule has 0 aliphatic heterocycles. The van der Waals surface area contributed by atoms with Gasteiger partial charge in [0.15, 0.2) is 0 Å². The molecule has 23 heavy (non-hydrogen) atoms. The van der Waals surface area contributed by atoms with Gasteiger partial charge in [-0.15, -0.1) is 0 Å². The number of carbonyl (C=O) groups is 1. The number of hydrogen-bond acceptors (Lipinski definition) is 2. The Labute approximate surface area is 135 Å². The number of unbranched alkanes of at least 4 members (excludes halogenated alkanes) is 1. The van der Waals surface area contributed by atoms with Crippen molar-refractivity contribution < 1.29 is 13.9 Å². The molecule has 0 fully saturated rings. The standard InChI is InChI=1S/C18H21FN2O2/c1-2-3-11-20-18(22)21-16-5-4-6-17(12-16)23-13-14-7-9-15(19)10-8-14/h4-10,12H,2-3,11,13H2,1H3,(H2,20,21,22). The number of rotatable bonds is 7. The lowest BCUT2D eigenvalue weighted by atomic mass is 10.2. The normalized spacial score (nSPS) is 10.2. The molecule has 0 heterocycles. The predicted molar refractivity (Wildman–Crippen MR) is 89.1 cm³/mol. The van der Waals surface area contributed by atoms with Gasteiger partial charge in [0, 0.05) is 18.3 Å². The number of halogens is 1. The summed E-state index contributed by atoms with van der Waals surface area (Å²) in [6.07, 6.45) is 1.99. The molecule has 122 valence electrons. The van der Waals surface area contributed by atoms with Gasteiger partial charge in [0.1, 0.15) is 18.2 Å². The third kappa shape index (κ3) is 5.98. The second kappa shape index (κ2) is 8.78. The second-order valence-electron chi connectivity index (χ2n) is 5.18. The molecule has 2 rings (SSSR count). The molecular formula is C18H21FN2O2. The summed E-state index contributed by atoms with van der Waals surface area (Å²) in [6.45, 7) is 3.07. The molecule has 0 aromatic heterocycles. The fourth-order valence-corrected chi connectivity index (χ4v) is 1.96. The van der Waals surface area contributed by atoms with Crippen molar-refractivity contribution in [2.24, 2.45) is 0 Å². The minimum Gasteiger partial charge on any atom is -0.489 e. The van der Waals surface area contributed by atoms with Gasteiger partial charge in [-0.1, -0.05) is 31.5 Å². The summed E-state index contributed by atoms with van der Waals surface area (Å²) in [5, 5.41) is 5.56. The van der Waals surface area contributed by atoms with Crippen molar-refractivity contribution in [3.63, 3.8) is 0 Å². The summed E-state index contributed by atoms with van der Waals surface area (Å²) in [4.78, 5) is 11.7. The molecule has 5 heteroatoms. The van der Waals surface area contributed by atoms with Crippen LogP contribution >= 0.6 is 0 Å². The largest absolute Gasteiger partial charge is 0.489 e. The van der Waals surface area contributed by atoms with Crippen molar-refractivity contribution in [2.45, 2.75) is 26.4 Å². The molecule has 0 bridgehead atoms. The van der Waals surface area contributed by atoms with Gasteiger partial charge in [-0.05, 0) is 36.2 Å². The van der Waals surface area contributed by atoms with Crippen LogP contribution in [-0.2, 0) is 6.61 Å². The average Bonchev–Trinajstić information content (AvgIpc) is 2.55. The topological polar surface area (TPSA) is 50.4 Å². The van der Waals surface area contributed by atoms with Crippen LogP contribution in [-0.4, -0.2) is 12.6 Å². The Morgan fingerprint density at radius 3 is 2.70 bits per heavy atom. The summed E-state index contributed by atoms with van der Waals surface area (Å²) in [7, 11) is 0. The number of anilines is 1. The fraction of sp³-hybridized carbons (Fsp3) is 0.278. The highest BCUT2D eigenvalue weighted by Crippen LogP contribution is 2.18. The summed E-state index contributed by atoms with van der Waals surface area (Å²) in [5.41, 5.74) is 1.54. The van der Waals surface area contributed by atoms with E-state index in [9.17, 15) is 9.18 Å². The summed E-state index contributed by atoms with van der Waals surface area (Å²) >= 11 is 0. The van der Waals surface area contributed by atoms with E-state index in [-0.39, 0.29) is 11.8 Å². The van der Waals surface area contributed by atoms with Crippen LogP contribution in [0.1, 0.15) is 25.3 Å². The van der Waals surface area contributed by atoms with Crippen molar-refractivity contribution in [3.8, 4) is 5.75 Å². The summed E-state index contributed by atoms with van der Waals surface area (Å²) in [5.74, 6) is 0.370. The molecule has 0 spiro atoms. The van der Waals surface area contributed by atoms with Crippen LogP contribution in [0.5, 0.6) is 5.75 Å². The third-order valence-electron chi connectivity index (χ3n) is 3.23. The van der Waals surface area contributed by atoms with Gasteiger partial charge < -0.3 is 15.4 Å². The first-order valence-electron chi connectivity index (χ1n) is 7.69. The van der Waals surface area contributed by atoms with Crippen LogP contribution in [0.15, 0.2) is 48.5 Å². The Morgan fingerprint density at radius 1 is 1.17 bits per heavy atom. The first-order chi connectivity index (χ1) is 11.2. The van der Waals surface area contributed by atoms with Crippen LogP contribution < -0.4 is 15.4 Å². The molecule has 0 atom stereocenters. The Bertz CT molecular complexity index is 629. The maximum absolute atomic E-state index is 12.8. The minimum atomic E-state index is -0.269. The molecular weight excluding hydrogens is 295 g/mol. The van der Waals surface area contributed by atoms with E-state index in [1.165, 1.54) is 12.1 Å². The summed E-state index contributed by atoms with van der Waals surface area (Å²) < 4.78 is 18.5. The van der Waals surface area contributed by atoms with E-state index in [0.29, 0.717) is 24.6 Å². The quantitative estimate of drug-likeness (QED) is 0.747. The predicted octanol–water partition coefficient (Wildman–Crippen LogP) is 4.33. The van der Waals surface area contributed by atoms with Gasteiger partial charge in [0.2, 0.25) is 0 Å². The Hall–Kier alpha value is -2.56. The van der Waals surface area contributed by atoms with Gasteiger partial charge in [-0.25, -0.2) is 9.18 Å². The molecule has 0 unspecified atom stereocenters. The highest BCUT2D eigenvalue weighted by Gasteiger charge is 2.03. The zero-order valence-electron chi connectivity index (χ0n) is 13.1. The number of nitrogens with one attached hydrogen (secondary N) is 2. The van der Waals surface area contributed by atoms with Gasteiger partial charge >= 0.3 is 6.03 Å². The fourth-order valence-electron chi connectivity index (χ4n) is 1.96. The number of ether oxygens (including phenoxy) is 1. The van der Waals surface area contributed by atoms with E-state index in [0.717, 1.165) is 18.4 Å². The Balaban J connectivity index is 1.86. The number of carbonyl (C=O) groups excluding carboxylic acids is 1. The lowest BCUT2D eigenvalue weighted by Gasteiger charge is -2.10. The minimum absolute atomic E-state index is 0.228. The number of amides is 2. The lowest BCUT2D eigenvalue weighted by Crippen LogP contribution is -2.29. The van der Waals surface area contributed by atoms with E-state index >= 15 is 0 Å². The molecule has 0 saturated heterocycles. The lowest BCUT2D eigenvalue weighted by molar-refractivity contribution is 0.252. The van der Waals surface area contributed by atoms with Crippen molar-refractivity contribution in [1.82, 2.24) is 5.32 Å². The van der Waals surface area contributed by atoms with Crippen LogP contribution in [0.4, 0.5) is 14.9 Å². The van der Waals surface area contributed by atoms with E-state index in [1.54, 1.807) is 24.3 Å². The van der Waals surface area contributed by atoms with E-state index in [4.69, 9.17) is 4.74 Å². The maximum Gasteiger partial charge on any atom is 0.319 e. The van der Waals surface area contributed by atoms with E-state index < -0.39 is 0 Å². The number of urea groups is 1. The van der Waals surface area contributed by atoms with Gasteiger partial charge in [-0.2, -0.15) is 0 Å². The highest BCUT2D eigenvalue weighted by atomic mass is 19.1. The average molecular weight is 316 g/mol. The molecule has 2 N–H and O–H groups in total. The van der Waals surface area contributed by atoms with Crippen molar-refractivity contribution in [3.05, 3.63) is 59.9 Å². The van der Waals surface area contributed by atoms with Crippen molar-refractivity contribution in [1.29, 1.82) is 0 Å². The Kier molecular flexibility index (Phi) is 6.41. The first kappa shape index (κ1) is 16.8. The SMILES string of the molecule is CCCCNC(=O)Nc1cccc(OCc2ccc(F)cc2)c1. The summed E-state index contributed by atoms with van der Waals surface area (Å²) in [6, 6.07) is 13.1. The number of hydrogen-bond donors (Lipinski definition) is 2. The molecule has 2 aromatic carbocycles. The van der Waals surface area contributed by atoms with Crippen molar-refractivity contribution >= 4 is 11.7 Å². The van der Waals surface area contributed by atoms with Gasteiger partial charge in [0.25, 0.3) is 0 Å². The van der Waals surface area contributed by atoms with Crippen LogP contribution in [0.3, 0.4) is 0 Å². The zero-order valence-corrected chi connectivity index (χ0v) is 13.1. The molecule has 2 aromatic rings. The Morgan fingerprint density at radius 2 is 1.96 bits per heavy atom. The van der Waals surface area contributed by atoms with Gasteiger partial charge in [-0.3, -0.25) is 0 Å². The first-order valence-corrected chi connectivity index (χ1v) is 7.69. The molecule has 0 aliphatic carbocycles. The highest BCUT2D eigenvalue weighted by molar-refractivity contribution is 5.89.